The Bertz CT molecular complexity index is 1130. The van der Waals surface area contributed by atoms with Crippen LogP contribution in [0.4, 0.5) is 5.13 Å². The van der Waals surface area contributed by atoms with E-state index in [2.05, 4.69) is 32.4 Å². The number of carbonyl (C=O) groups excluding carboxylic acids is 2. The Labute approximate surface area is 209 Å². The zero-order valence-electron chi connectivity index (χ0n) is 17.9. The van der Waals surface area contributed by atoms with Gasteiger partial charge < -0.3 is 15.2 Å². The number of halogens is 2. The summed E-state index contributed by atoms with van der Waals surface area (Å²) in [5.41, 5.74) is 0.315. The average Bonchev–Trinajstić information content (AvgIpc) is 3.40. The number of nitrogens with one attached hydrogen (secondary N) is 2. The van der Waals surface area contributed by atoms with Crippen LogP contribution in [-0.2, 0) is 11.3 Å². The second-order valence-corrected chi connectivity index (χ2v) is 9.91. The minimum Gasteiger partial charge on any atom is -0.342 e. The molecular weight excluding hydrogens is 503 g/mol. The third kappa shape index (κ3) is 6.57. The van der Waals surface area contributed by atoms with Crippen LogP contribution in [0.3, 0.4) is 0 Å². The van der Waals surface area contributed by atoms with Crippen LogP contribution in [0.5, 0.6) is 0 Å². The number of nitrogens with zero attached hydrogens (tertiary/aromatic N) is 4. The van der Waals surface area contributed by atoms with E-state index in [4.69, 9.17) is 23.2 Å². The van der Waals surface area contributed by atoms with Crippen molar-refractivity contribution >= 4 is 63.2 Å². The standard InChI is InChI=1S/C21H22Cl2N6O2S2/c1-4-8-29-18(27-28-21(29)33-11-16(30)25-20-24-7-9-32-20)17(12(2)3)26-19(31)14-6-5-13(22)10-15(14)23/h4-7,9-10,12,17H,1,8,11H2,2-3H3,(H,26,31)(H,24,25,30)/t17-/m0/s1. The molecule has 0 saturated heterocycles. The van der Waals surface area contributed by atoms with Crippen LogP contribution in [0.15, 0.2) is 47.6 Å². The number of benzene rings is 1. The van der Waals surface area contributed by atoms with Gasteiger partial charge in [-0.15, -0.1) is 28.1 Å². The Hall–Kier alpha value is -2.40. The summed E-state index contributed by atoms with van der Waals surface area (Å²) in [7, 11) is 0. The SMILES string of the molecule is C=CCn1c(SCC(=O)Nc2nccs2)nnc1[C@@H](NC(=O)c1ccc(Cl)cc1Cl)C(C)C. The van der Waals surface area contributed by atoms with Gasteiger partial charge in [0, 0.05) is 23.1 Å². The van der Waals surface area contributed by atoms with Gasteiger partial charge in [-0.2, -0.15) is 0 Å². The van der Waals surface area contributed by atoms with E-state index >= 15 is 0 Å². The molecule has 2 aromatic heterocycles. The number of amides is 2. The van der Waals surface area contributed by atoms with Crippen molar-refractivity contribution in [2.45, 2.75) is 31.6 Å². The van der Waals surface area contributed by atoms with Crippen molar-refractivity contribution in [3.8, 4) is 0 Å². The highest BCUT2D eigenvalue weighted by Gasteiger charge is 2.27. The van der Waals surface area contributed by atoms with Gasteiger partial charge in [-0.3, -0.25) is 9.59 Å². The van der Waals surface area contributed by atoms with Gasteiger partial charge in [-0.25, -0.2) is 4.98 Å². The minimum atomic E-state index is -0.449. The number of allylic oxidation sites excluding steroid dienone is 1. The minimum absolute atomic E-state index is 0.00107. The van der Waals surface area contributed by atoms with E-state index in [0.29, 0.717) is 33.2 Å². The zero-order chi connectivity index (χ0) is 24.0. The Balaban J connectivity index is 1.78. The van der Waals surface area contributed by atoms with E-state index < -0.39 is 6.04 Å². The van der Waals surface area contributed by atoms with Gasteiger partial charge in [0.2, 0.25) is 5.91 Å². The number of hydrogen-bond acceptors (Lipinski definition) is 7. The molecule has 0 bridgehead atoms. The molecule has 0 aliphatic heterocycles. The molecule has 174 valence electrons. The summed E-state index contributed by atoms with van der Waals surface area (Å²) in [6.07, 6.45) is 3.33. The fourth-order valence-corrected chi connectivity index (χ4v) is 4.72. The molecule has 33 heavy (non-hydrogen) atoms. The highest BCUT2D eigenvalue weighted by Crippen LogP contribution is 2.27. The molecule has 2 amide bonds. The first kappa shape index (κ1) is 25.2. The van der Waals surface area contributed by atoms with Gasteiger partial charge >= 0.3 is 0 Å². The Morgan fingerprint density at radius 2 is 2.09 bits per heavy atom. The van der Waals surface area contributed by atoms with Crippen molar-refractivity contribution in [2.75, 3.05) is 11.1 Å². The number of thioether (sulfide) groups is 1. The molecule has 3 aromatic rings. The number of hydrogen-bond donors (Lipinski definition) is 2. The summed E-state index contributed by atoms with van der Waals surface area (Å²) < 4.78 is 1.84. The number of anilines is 1. The van der Waals surface area contributed by atoms with E-state index in [1.54, 1.807) is 29.8 Å². The molecule has 0 fully saturated rings. The van der Waals surface area contributed by atoms with Crippen molar-refractivity contribution in [1.29, 1.82) is 0 Å². The molecular formula is C21H22Cl2N6O2S2. The lowest BCUT2D eigenvalue weighted by molar-refractivity contribution is -0.113. The average molecular weight is 525 g/mol. The summed E-state index contributed by atoms with van der Waals surface area (Å²) in [6.45, 7) is 8.16. The van der Waals surface area contributed by atoms with E-state index in [-0.39, 0.29) is 28.5 Å². The molecule has 0 unspecified atom stereocenters. The second kappa shape index (κ2) is 11.6. The van der Waals surface area contributed by atoms with Gasteiger partial charge in [-0.1, -0.05) is 54.9 Å². The van der Waals surface area contributed by atoms with Crippen molar-refractivity contribution < 1.29 is 9.59 Å². The number of aromatic nitrogens is 4. The van der Waals surface area contributed by atoms with Gasteiger partial charge in [0.15, 0.2) is 16.1 Å². The van der Waals surface area contributed by atoms with Gasteiger partial charge in [0.05, 0.1) is 22.4 Å². The van der Waals surface area contributed by atoms with Crippen LogP contribution in [-0.4, -0.2) is 37.3 Å². The predicted molar refractivity (Wildman–Crippen MR) is 133 cm³/mol. The smallest absolute Gasteiger partial charge is 0.253 e. The molecule has 0 aliphatic carbocycles. The highest BCUT2D eigenvalue weighted by molar-refractivity contribution is 7.99. The Kier molecular flexibility index (Phi) is 8.90. The summed E-state index contributed by atoms with van der Waals surface area (Å²) in [4.78, 5) is 29.2. The predicted octanol–water partition coefficient (Wildman–Crippen LogP) is 5.09. The maximum absolute atomic E-state index is 12.9. The summed E-state index contributed by atoms with van der Waals surface area (Å²) in [5.74, 6) is 0.148. The first-order chi connectivity index (χ1) is 15.8. The van der Waals surface area contributed by atoms with Gasteiger partial charge in [-0.05, 0) is 24.1 Å². The number of rotatable bonds is 10. The maximum Gasteiger partial charge on any atom is 0.253 e. The third-order valence-electron chi connectivity index (χ3n) is 4.48. The van der Waals surface area contributed by atoms with Crippen LogP contribution in [0, 0.1) is 5.92 Å². The van der Waals surface area contributed by atoms with Crippen LogP contribution in [0.25, 0.3) is 0 Å². The molecule has 0 saturated carbocycles. The quantitative estimate of drug-likeness (QED) is 0.283. The molecule has 0 radical (unpaired) electrons. The van der Waals surface area contributed by atoms with Crippen molar-refractivity contribution in [1.82, 2.24) is 25.1 Å². The van der Waals surface area contributed by atoms with Crippen molar-refractivity contribution in [2.24, 2.45) is 5.92 Å². The normalized spacial score (nSPS) is 11.9. The monoisotopic (exact) mass is 524 g/mol. The maximum atomic E-state index is 12.9. The molecule has 0 spiro atoms. The highest BCUT2D eigenvalue weighted by atomic mass is 35.5. The van der Waals surface area contributed by atoms with Gasteiger partial charge in [0.25, 0.3) is 5.91 Å². The molecule has 12 heteroatoms. The van der Waals surface area contributed by atoms with Gasteiger partial charge in [0.1, 0.15) is 0 Å². The van der Waals surface area contributed by atoms with Crippen LogP contribution >= 0.6 is 46.3 Å². The topological polar surface area (TPSA) is 102 Å². The molecule has 0 aliphatic rings. The molecule has 1 aromatic carbocycles. The van der Waals surface area contributed by atoms with E-state index in [1.165, 1.54) is 29.2 Å². The fourth-order valence-electron chi connectivity index (χ4n) is 2.93. The lowest BCUT2D eigenvalue weighted by Gasteiger charge is -2.23. The van der Waals surface area contributed by atoms with E-state index in [9.17, 15) is 9.59 Å². The van der Waals surface area contributed by atoms with E-state index in [1.807, 2.05) is 18.4 Å². The first-order valence-electron chi connectivity index (χ1n) is 9.92. The third-order valence-corrected chi connectivity index (χ3v) is 6.68. The van der Waals surface area contributed by atoms with Crippen LogP contribution in [0.1, 0.15) is 36.1 Å². The largest absolute Gasteiger partial charge is 0.342 e. The molecule has 1 atom stereocenters. The first-order valence-corrected chi connectivity index (χ1v) is 12.5. The molecule has 2 heterocycles. The van der Waals surface area contributed by atoms with Crippen molar-refractivity contribution in [3.63, 3.8) is 0 Å². The Morgan fingerprint density at radius 3 is 2.73 bits per heavy atom. The van der Waals surface area contributed by atoms with Crippen molar-refractivity contribution in [3.05, 3.63) is 63.9 Å². The summed E-state index contributed by atoms with van der Waals surface area (Å²) in [6, 6.07) is 4.26. The molecule has 2 N–H and O–H groups in total. The lowest BCUT2D eigenvalue weighted by Crippen LogP contribution is -2.34. The fraction of sp³-hybridized carbons (Fsp3) is 0.286. The zero-order valence-corrected chi connectivity index (χ0v) is 21.1. The number of thiazole rings is 1. The molecule has 8 nitrogen and oxygen atoms in total. The van der Waals surface area contributed by atoms with Crippen LogP contribution in [0.2, 0.25) is 10.0 Å². The van der Waals surface area contributed by atoms with E-state index in [0.717, 1.165) is 0 Å². The summed E-state index contributed by atoms with van der Waals surface area (Å²) in [5, 5.41) is 17.9. The van der Waals surface area contributed by atoms with Crippen LogP contribution < -0.4 is 10.6 Å². The summed E-state index contributed by atoms with van der Waals surface area (Å²) >= 11 is 14.7. The second-order valence-electron chi connectivity index (χ2n) is 7.23. The molecule has 3 rings (SSSR count). The Morgan fingerprint density at radius 1 is 1.30 bits per heavy atom. The number of carbonyl (C=O) groups is 2. The lowest BCUT2D eigenvalue weighted by atomic mass is 10.0.